The normalized spacial score (nSPS) is 18.6. The molecule has 2 aromatic carbocycles. The third-order valence-electron chi connectivity index (χ3n) is 4.01. The first-order valence-corrected chi connectivity index (χ1v) is 7.19. The van der Waals surface area contributed by atoms with Gasteiger partial charge in [0.15, 0.2) is 0 Å². The van der Waals surface area contributed by atoms with Gasteiger partial charge >= 0.3 is 0 Å². The zero-order valence-corrected chi connectivity index (χ0v) is 12.5. The highest BCUT2D eigenvalue weighted by Crippen LogP contribution is 2.36. The fraction of sp³-hybridized carbons (Fsp3) is 0.294. The van der Waals surface area contributed by atoms with Gasteiger partial charge in [-0.3, -0.25) is 4.90 Å². The fourth-order valence-corrected chi connectivity index (χ4v) is 3.06. The van der Waals surface area contributed by atoms with Crippen molar-refractivity contribution in [3.05, 3.63) is 64.2 Å². The number of halogens is 1. The Balaban J connectivity index is 2.05. The molecule has 20 heavy (non-hydrogen) atoms. The number of ether oxygens (including phenoxy) is 1. The van der Waals surface area contributed by atoms with Crippen LogP contribution in [0, 0.1) is 0 Å². The van der Waals surface area contributed by atoms with E-state index in [0.29, 0.717) is 6.04 Å². The van der Waals surface area contributed by atoms with Crippen molar-refractivity contribution >= 4 is 11.6 Å². The predicted molar refractivity (Wildman–Crippen MR) is 82.6 cm³/mol. The molecule has 0 radical (unpaired) electrons. The molecule has 0 saturated heterocycles. The van der Waals surface area contributed by atoms with E-state index >= 15 is 0 Å². The average molecular weight is 288 g/mol. The maximum Gasteiger partial charge on any atom is 0.119 e. The lowest BCUT2D eigenvalue weighted by Gasteiger charge is -2.35. The van der Waals surface area contributed by atoms with Crippen LogP contribution in [0.4, 0.5) is 0 Å². The molecule has 1 aliphatic rings. The second-order valence-electron chi connectivity index (χ2n) is 5.25. The van der Waals surface area contributed by atoms with Gasteiger partial charge in [-0.25, -0.2) is 0 Å². The van der Waals surface area contributed by atoms with E-state index in [9.17, 15) is 0 Å². The Morgan fingerprint density at radius 3 is 2.60 bits per heavy atom. The number of fused-ring (bicyclic) bond motifs is 1. The minimum atomic E-state index is 0.293. The van der Waals surface area contributed by atoms with Gasteiger partial charge in [-0.1, -0.05) is 29.8 Å². The molecule has 1 unspecified atom stereocenters. The second kappa shape index (κ2) is 5.47. The maximum atomic E-state index is 6.00. The Kier molecular flexibility index (Phi) is 3.68. The molecular formula is C17H18ClNO. The van der Waals surface area contributed by atoms with E-state index in [-0.39, 0.29) is 0 Å². The molecule has 0 aromatic heterocycles. The Morgan fingerprint density at radius 1 is 1.15 bits per heavy atom. The van der Waals surface area contributed by atoms with Crippen molar-refractivity contribution in [1.29, 1.82) is 0 Å². The standard InChI is InChI=1S/C17H18ClNO/c1-19-10-9-13-11-15(20-2)7-8-16(13)17(19)12-3-5-14(18)6-4-12/h3-8,11,17H,9-10H2,1-2H3. The lowest BCUT2D eigenvalue weighted by atomic mass is 9.88. The van der Waals surface area contributed by atoms with Gasteiger partial charge in [-0.05, 0) is 54.4 Å². The largest absolute Gasteiger partial charge is 0.497 e. The molecule has 2 aromatic rings. The Morgan fingerprint density at radius 2 is 1.90 bits per heavy atom. The lowest BCUT2D eigenvalue weighted by Crippen LogP contribution is -2.32. The summed E-state index contributed by atoms with van der Waals surface area (Å²) in [6.45, 7) is 1.05. The van der Waals surface area contributed by atoms with Crippen LogP contribution in [0.5, 0.6) is 5.75 Å². The molecule has 0 bridgehead atoms. The lowest BCUT2D eigenvalue weighted by molar-refractivity contribution is 0.264. The molecule has 0 spiro atoms. The third kappa shape index (κ3) is 2.41. The minimum absolute atomic E-state index is 0.293. The molecule has 0 amide bonds. The summed E-state index contributed by atoms with van der Waals surface area (Å²) in [5.74, 6) is 0.933. The molecule has 0 fully saturated rings. The summed E-state index contributed by atoms with van der Waals surface area (Å²) in [4.78, 5) is 2.39. The van der Waals surface area contributed by atoms with Crippen molar-refractivity contribution in [1.82, 2.24) is 4.90 Å². The molecule has 0 N–H and O–H groups in total. The van der Waals surface area contributed by atoms with Crippen molar-refractivity contribution in [2.45, 2.75) is 12.5 Å². The van der Waals surface area contributed by atoms with Crippen LogP contribution in [0.2, 0.25) is 5.02 Å². The van der Waals surface area contributed by atoms with Gasteiger partial charge in [-0.2, -0.15) is 0 Å². The maximum absolute atomic E-state index is 6.00. The van der Waals surface area contributed by atoms with Gasteiger partial charge in [-0.15, -0.1) is 0 Å². The van der Waals surface area contributed by atoms with E-state index in [1.807, 2.05) is 18.2 Å². The summed E-state index contributed by atoms with van der Waals surface area (Å²) in [6.07, 6.45) is 1.06. The molecule has 0 saturated carbocycles. The van der Waals surface area contributed by atoms with E-state index in [2.05, 4.69) is 36.2 Å². The Bertz CT molecular complexity index is 609. The predicted octanol–water partition coefficient (Wildman–Crippen LogP) is 3.93. The first-order chi connectivity index (χ1) is 9.69. The van der Waals surface area contributed by atoms with Gasteiger partial charge < -0.3 is 4.74 Å². The van der Waals surface area contributed by atoms with Crippen LogP contribution in [-0.4, -0.2) is 25.6 Å². The highest BCUT2D eigenvalue weighted by atomic mass is 35.5. The van der Waals surface area contributed by atoms with Crippen molar-refractivity contribution in [3.8, 4) is 5.75 Å². The van der Waals surface area contributed by atoms with Crippen LogP contribution in [0.15, 0.2) is 42.5 Å². The van der Waals surface area contributed by atoms with Crippen LogP contribution in [0.25, 0.3) is 0 Å². The van der Waals surface area contributed by atoms with Crippen LogP contribution in [-0.2, 0) is 6.42 Å². The first-order valence-electron chi connectivity index (χ1n) is 6.81. The zero-order valence-electron chi connectivity index (χ0n) is 11.8. The van der Waals surface area contributed by atoms with Gasteiger partial charge in [0, 0.05) is 11.6 Å². The van der Waals surface area contributed by atoms with Gasteiger partial charge in [0.1, 0.15) is 5.75 Å². The Labute approximate surface area is 124 Å². The summed E-state index contributed by atoms with van der Waals surface area (Å²) in [6, 6.07) is 14.8. The summed E-state index contributed by atoms with van der Waals surface area (Å²) in [5.41, 5.74) is 4.02. The first kappa shape index (κ1) is 13.5. The van der Waals surface area contributed by atoms with Crippen molar-refractivity contribution in [2.24, 2.45) is 0 Å². The molecule has 2 nitrogen and oxygen atoms in total. The summed E-state index contributed by atoms with van der Waals surface area (Å²) < 4.78 is 5.33. The van der Waals surface area contributed by atoms with Crippen LogP contribution >= 0.6 is 11.6 Å². The van der Waals surface area contributed by atoms with Crippen LogP contribution < -0.4 is 4.74 Å². The Hall–Kier alpha value is -1.51. The number of hydrogen-bond donors (Lipinski definition) is 0. The van der Waals surface area contributed by atoms with Gasteiger partial charge in [0.05, 0.1) is 13.2 Å². The van der Waals surface area contributed by atoms with E-state index in [0.717, 1.165) is 23.7 Å². The smallest absolute Gasteiger partial charge is 0.119 e. The van der Waals surface area contributed by atoms with Crippen molar-refractivity contribution in [2.75, 3.05) is 20.7 Å². The monoisotopic (exact) mass is 287 g/mol. The topological polar surface area (TPSA) is 12.5 Å². The quantitative estimate of drug-likeness (QED) is 0.830. The van der Waals surface area contributed by atoms with E-state index in [1.54, 1.807) is 7.11 Å². The van der Waals surface area contributed by atoms with E-state index in [1.165, 1.54) is 16.7 Å². The summed E-state index contributed by atoms with van der Waals surface area (Å²) >= 11 is 6.00. The molecule has 1 atom stereocenters. The molecule has 1 heterocycles. The van der Waals surface area contributed by atoms with E-state index < -0.39 is 0 Å². The number of methoxy groups -OCH3 is 1. The van der Waals surface area contributed by atoms with Crippen molar-refractivity contribution < 1.29 is 4.74 Å². The number of hydrogen-bond acceptors (Lipinski definition) is 2. The van der Waals surface area contributed by atoms with Crippen molar-refractivity contribution in [3.63, 3.8) is 0 Å². The number of benzene rings is 2. The SMILES string of the molecule is COc1ccc2c(c1)CCN(C)C2c1ccc(Cl)cc1. The van der Waals surface area contributed by atoms with Gasteiger partial charge in [0.25, 0.3) is 0 Å². The molecule has 104 valence electrons. The molecular weight excluding hydrogens is 270 g/mol. The fourth-order valence-electron chi connectivity index (χ4n) is 2.93. The molecule has 3 heteroatoms. The van der Waals surface area contributed by atoms with Crippen LogP contribution in [0.3, 0.4) is 0 Å². The average Bonchev–Trinajstić information content (AvgIpc) is 2.48. The zero-order chi connectivity index (χ0) is 14.1. The van der Waals surface area contributed by atoms with Crippen LogP contribution in [0.1, 0.15) is 22.7 Å². The highest BCUT2D eigenvalue weighted by Gasteiger charge is 2.26. The number of likely N-dealkylation sites (N-methyl/N-ethyl adjacent to an activating group) is 1. The third-order valence-corrected chi connectivity index (χ3v) is 4.26. The van der Waals surface area contributed by atoms with E-state index in [4.69, 9.17) is 16.3 Å². The molecule has 1 aliphatic heterocycles. The minimum Gasteiger partial charge on any atom is -0.497 e. The second-order valence-corrected chi connectivity index (χ2v) is 5.69. The number of nitrogens with zero attached hydrogens (tertiary/aromatic N) is 1. The summed E-state index contributed by atoms with van der Waals surface area (Å²) in [5, 5.41) is 0.780. The van der Waals surface area contributed by atoms with Gasteiger partial charge in [0.2, 0.25) is 0 Å². The highest BCUT2D eigenvalue weighted by molar-refractivity contribution is 6.30. The number of rotatable bonds is 2. The molecule has 0 aliphatic carbocycles. The molecule has 3 rings (SSSR count). The summed E-state index contributed by atoms with van der Waals surface area (Å²) in [7, 11) is 3.89.